The molecule has 1 aliphatic carbocycles. The maximum atomic E-state index is 6.19. The lowest BCUT2D eigenvalue weighted by molar-refractivity contribution is 0.304. The fraction of sp³-hybridized carbons (Fsp3) is 0.389. The van der Waals surface area contributed by atoms with Gasteiger partial charge < -0.3 is 4.74 Å². The second-order valence-corrected chi connectivity index (χ2v) is 12.4. The van der Waals surface area contributed by atoms with Crippen LogP contribution in [0.2, 0.25) is 0 Å². The van der Waals surface area contributed by atoms with E-state index in [0.717, 1.165) is 18.8 Å². The number of fused-ring (bicyclic) bond motifs is 3. The third kappa shape index (κ3) is 4.85. The molecule has 0 N–H and O–H groups in total. The van der Waals surface area contributed by atoms with Crippen LogP contribution >= 0.6 is 11.3 Å². The molecule has 6 rings (SSSR count). The Bertz CT molecular complexity index is 1340. The van der Waals surface area contributed by atoms with E-state index in [9.17, 15) is 0 Å². The molecular weight excluding hydrogens is 494 g/mol. The van der Waals surface area contributed by atoms with Crippen LogP contribution in [0.5, 0.6) is 5.75 Å². The van der Waals surface area contributed by atoms with Gasteiger partial charge in [0.2, 0.25) is 0 Å². The van der Waals surface area contributed by atoms with Gasteiger partial charge in [0.25, 0.3) is 0 Å². The Hall–Kier alpha value is -2.88. The van der Waals surface area contributed by atoms with Crippen LogP contribution in [0.1, 0.15) is 90.8 Å². The first kappa shape index (κ1) is 26.3. The summed E-state index contributed by atoms with van der Waals surface area (Å²) < 4.78 is 6.19. The zero-order valence-corrected chi connectivity index (χ0v) is 24.3. The predicted octanol–water partition coefficient (Wildman–Crippen LogP) is 9.62. The molecule has 0 saturated carbocycles. The largest absolute Gasteiger partial charge is 0.494 e. The van der Waals surface area contributed by atoms with Crippen LogP contribution in [-0.4, -0.2) is 25.1 Å². The maximum Gasteiger partial charge on any atom is 0.119 e. The number of hydrogen-bond donors (Lipinski definition) is 0. The Morgan fingerprint density at radius 2 is 1.46 bits per heavy atom. The Morgan fingerprint density at radius 3 is 2.13 bits per heavy atom. The van der Waals surface area contributed by atoms with Crippen LogP contribution in [-0.2, 0) is 5.41 Å². The molecule has 1 fully saturated rings. The molecule has 3 heteroatoms. The van der Waals surface area contributed by atoms with Crippen LogP contribution in [0.4, 0.5) is 0 Å². The molecule has 1 aromatic heterocycles. The molecule has 2 nitrogen and oxygen atoms in total. The summed E-state index contributed by atoms with van der Waals surface area (Å²) in [6.07, 6.45) is 10.2. The monoisotopic (exact) mass is 535 g/mol. The van der Waals surface area contributed by atoms with Crippen molar-refractivity contribution in [3.05, 3.63) is 111 Å². The van der Waals surface area contributed by atoms with E-state index in [0.29, 0.717) is 6.04 Å². The highest BCUT2D eigenvalue weighted by Gasteiger charge is 2.47. The molecule has 0 bridgehead atoms. The summed E-state index contributed by atoms with van der Waals surface area (Å²) in [5, 5.41) is 0. The highest BCUT2D eigenvalue weighted by Crippen LogP contribution is 2.57. The summed E-state index contributed by atoms with van der Waals surface area (Å²) in [5.74, 6) is 0.974. The molecular formula is C36H41NOS. The molecule has 0 amide bonds. The number of ether oxygens (including phenoxy) is 1. The van der Waals surface area contributed by atoms with Gasteiger partial charge in [0, 0.05) is 15.8 Å². The van der Waals surface area contributed by atoms with Crippen molar-refractivity contribution in [1.82, 2.24) is 4.90 Å². The van der Waals surface area contributed by atoms with Crippen molar-refractivity contribution < 1.29 is 4.74 Å². The molecule has 1 saturated heterocycles. The molecule has 4 aromatic rings. The van der Waals surface area contributed by atoms with Crippen molar-refractivity contribution in [1.29, 1.82) is 0 Å². The number of unbranched alkanes of at least 4 members (excludes halogenated alkanes) is 5. The molecule has 1 unspecified atom stereocenters. The van der Waals surface area contributed by atoms with Gasteiger partial charge in [-0.1, -0.05) is 99.7 Å². The number of thiophene rings is 1. The second-order valence-electron chi connectivity index (χ2n) is 11.3. The molecule has 2 heterocycles. The van der Waals surface area contributed by atoms with Gasteiger partial charge in [-0.25, -0.2) is 0 Å². The number of hydrogen-bond acceptors (Lipinski definition) is 3. The first-order valence-electron chi connectivity index (χ1n) is 15.0. The minimum absolute atomic E-state index is 0.314. The minimum Gasteiger partial charge on any atom is -0.494 e. The Kier molecular flexibility index (Phi) is 7.90. The molecule has 3 aromatic carbocycles. The summed E-state index contributed by atoms with van der Waals surface area (Å²) in [5.41, 5.74) is 6.49. The zero-order chi connectivity index (χ0) is 26.7. The van der Waals surface area contributed by atoms with Gasteiger partial charge in [-0.05, 0) is 84.9 Å². The van der Waals surface area contributed by atoms with E-state index in [2.05, 4.69) is 104 Å². The zero-order valence-electron chi connectivity index (χ0n) is 23.5. The van der Waals surface area contributed by atoms with Gasteiger partial charge in [0.15, 0.2) is 0 Å². The molecule has 1 aliphatic heterocycles. The van der Waals surface area contributed by atoms with Gasteiger partial charge in [-0.15, -0.1) is 11.3 Å². The van der Waals surface area contributed by atoms with Crippen LogP contribution in [0.3, 0.4) is 0 Å². The number of benzene rings is 3. The van der Waals surface area contributed by atoms with Crippen molar-refractivity contribution >= 4 is 11.3 Å². The molecule has 202 valence electrons. The highest BCUT2D eigenvalue weighted by atomic mass is 32.1. The van der Waals surface area contributed by atoms with E-state index in [1.54, 1.807) is 0 Å². The predicted molar refractivity (Wildman–Crippen MR) is 165 cm³/mol. The smallest absolute Gasteiger partial charge is 0.119 e. The standard InChI is InChI=1S/C36H41NOS/c1-3-4-5-6-7-12-26-38-28-21-19-27(20-22-28)36(35-24-23-34(39-35)33-18-13-25-37(33)2)31-16-10-8-14-29(31)30-15-9-11-17-32(30)36/h8-11,14-17,19-24,33H,3-7,12-13,18,25-26H2,1-2H3. The lowest BCUT2D eigenvalue weighted by Crippen LogP contribution is -2.27. The van der Waals surface area contributed by atoms with E-state index in [1.165, 1.54) is 89.1 Å². The van der Waals surface area contributed by atoms with Gasteiger partial charge in [-0.2, -0.15) is 0 Å². The Morgan fingerprint density at radius 1 is 0.795 bits per heavy atom. The van der Waals surface area contributed by atoms with Crippen LogP contribution < -0.4 is 4.74 Å². The fourth-order valence-electron chi connectivity index (χ4n) is 6.83. The van der Waals surface area contributed by atoms with Gasteiger partial charge in [0.05, 0.1) is 12.0 Å². The number of likely N-dealkylation sites (tertiary alicyclic amines) is 1. The normalized spacial score (nSPS) is 17.7. The molecule has 0 spiro atoms. The average Bonchev–Trinajstić information content (AvgIpc) is 3.70. The molecule has 0 radical (unpaired) electrons. The minimum atomic E-state index is -0.314. The maximum absolute atomic E-state index is 6.19. The molecule has 39 heavy (non-hydrogen) atoms. The van der Waals surface area contributed by atoms with Crippen LogP contribution in [0, 0.1) is 0 Å². The summed E-state index contributed by atoms with van der Waals surface area (Å²) in [4.78, 5) is 5.43. The summed E-state index contributed by atoms with van der Waals surface area (Å²) in [6, 6.07) is 32.4. The fourth-order valence-corrected chi connectivity index (χ4v) is 8.28. The van der Waals surface area contributed by atoms with Crippen LogP contribution in [0.25, 0.3) is 11.1 Å². The quantitative estimate of drug-likeness (QED) is 0.156. The van der Waals surface area contributed by atoms with E-state index in [4.69, 9.17) is 4.74 Å². The highest BCUT2D eigenvalue weighted by molar-refractivity contribution is 7.12. The van der Waals surface area contributed by atoms with Gasteiger partial charge in [-0.3, -0.25) is 4.90 Å². The van der Waals surface area contributed by atoms with E-state index in [-0.39, 0.29) is 5.41 Å². The lowest BCUT2D eigenvalue weighted by Gasteiger charge is -2.32. The Labute approximate surface area is 238 Å². The summed E-state index contributed by atoms with van der Waals surface area (Å²) >= 11 is 2.01. The lowest BCUT2D eigenvalue weighted by atomic mass is 9.71. The Balaban J connectivity index is 1.36. The van der Waals surface area contributed by atoms with Crippen molar-refractivity contribution in [2.45, 2.75) is 69.7 Å². The van der Waals surface area contributed by atoms with E-state index >= 15 is 0 Å². The van der Waals surface area contributed by atoms with Crippen molar-refractivity contribution in [3.63, 3.8) is 0 Å². The van der Waals surface area contributed by atoms with Crippen molar-refractivity contribution in [2.24, 2.45) is 0 Å². The first-order valence-corrected chi connectivity index (χ1v) is 15.8. The second kappa shape index (κ2) is 11.7. The molecule has 2 aliphatic rings. The SMILES string of the molecule is CCCCCCCCOc1ccc(C2(c3ccc(C4CCCN4C)s3)c3ccccc3-c3ccccc32)cc1. The number of rotatable bonds is 11. The molecule has 1 atom stereocenters. The first-order chi connectivity index (χ1) is 19.2. The van der Waals surface area contributed by atoms with Crippen molar-refractivity contribution in [2.75, 3.05) is 20.2 Å². The third-order valence-corrected chi connectivity index (χ3v) is 10.2. The van der Waals surface area contributed by atoms with E-state index in [1.807, 2.05) is 11.3 Å². The number of nitrogens with zero attached hydrogens (tertiary/aromatic N) is 1. The van der Waals surface area contributed by atoms with Crippen LogP contribution in [0.15, 0.2) is 84.9 Å². The average molecular weight is 536 g/mol. The van der Waals surface area contributed by atoms with Crippen molar-refractivity contribution in [3.8, 4) is 16.9 Å². The summed E-state index contributed by atoms with van der Waals surface area (Å²) in [7, 11) is 2.27. The topological polar surface area (TPSA) is 12.5 Å². The van der Waals surface area contributed by atoms with Gasteiger partial charge in [0.1, 0.15) is 5.75 Å². The third-order valence-electron chi connectivity index (χ3n) is 8.85. The van der Waals surface area contributed by atoms with E-state index < -0.39 is 0 Å². The van der Waals surface area contributed by atoms with Gasteiger partial charge >= 0.3 is 0 Å². The summed E-state index contributed by atoms with van der Waals surface area (Å²) in [6.45, 7) is 4.26.